The summed E-state index contributed by atoms with van der Waals surface area (Å²) in [6.07, 6.45) is 5.50. The lowest BCUT2D eigenvalue weighted by molar-refractivity contribution is 0.0255. The van der Waals surface area contributed by atoms with Crippen molar-refractivity contribution in [3.8, 4) is 0 Å². The zero-order valence-corrected chi connectivity index (χ0v) is 11.4. The molecule has 1 aromatic carbocycles. The van der Waals surface area contributed by atoms with Gasteiger partial charge in [-0.3, -0.25) is 0 Å². The standard InChI is InChI=1S/C16H22N2O/c1-3-12-7-8-17-11-13(12)14(4-1)18-9-10-19-16-6-2-5-15(16)18/h1,3-4,15-17H,2,5-11H2. The maximum atomic E-state index is 5.94. The van der Waals surface area contributed by atoms with Gasteiger partial charge in [0.15, 0.2) is 0 Å². The van der Waals surface area contributed by atoms with Crippen molar-refractivity contribution in [2.24, 2.45) is 0 Å². The van der Waals surface area contributed by atoms with Crippen LogP contribution in [0.15, 0.2) is 18.2 Å². The first-order chi connectivity index (χ1) is 9.43. The average Bonchev–Trinajstić information content (AvgIpc) is 2.95. The monoisotopic (exact) mass is 258 g/mol. The van der Waals surface area contributed by atoms with E-state index >= 15 is 0 Å². The van der Waals surface area contributed by atoms with Crippen LogP contribution in [0.25, 0.3) is 0 Å². The second-order valence-corrected chi connectivity index (χ2v) is 5.94. The summed E-state index contributed by atoms with van der Waals surface area (Å²) < 4.78 is 5.94. The predicted molar refractivity (Wildman–Crippen MR) is 76.6 cm³/mol. The highest BCUT2D eigenvalue weighted by Crippen LogP contribution is 2.36. The minimum absolute atomic E-state index is 0.473. The summed E-state index contributed by atoms with van der Waals surface area (Å²) in [5.41, 5.74) is 4.53. The molecule has 3 heteroatoms. The minimum Gasteiger partial charge on any atom is -0.374 e. The number of ether oxygens (including phenoxy) is 1. The van der Waals surface area contributed by atoms with Crippen molar-refractivity contribution >= 4 is 5.69 Å². The van der Waals surface area contributed by atoms with E-state index in [1.807, 2.05) is 0 Å². The van der Waals surface area contributed by atoms with Gasteiger partial charge in [0.25, 0.3) is 0 Å². The first-order valence-corrected chi connectivity index (χ1v) is 7.63. The van der Waals surface area contributed by atoms with Crippen LogP contribution in [-0.4, -0.2) is 31.8 Å². The Morgan fingerprint density at radius 1 is 1.26 bits per heavy atom. The molecule has 0 spiro atoms. The largest absolute Gasteiger partial charge is 0.374 e. The number of rotatable bonds is 1. The van der Waals surface area contributed by atoms with E-state index in [-0.39, 0.29) is 0 Å². The average molecular weight is 258 g/mol. The third-order valence-electron chi connectivity index (χ3n) is 4.91. The quantitative estimate of drug-likeness (QED) is 0.835. The van der Waals surface area contributed by atoms with Crippen molar-refractivity contribution in [3.63, 3.8) is 0 Å². The van der Waals surface area contributed by atoms with Crippen molar-refractivity contribution < 1.29 is 4.74 Å². The fourth-order valence-electron chi connectivity index (χ4n) is 3.99. The number of hydrogen-bond acceptors (Lipinski definition) is 3. The molecule has 2 atom stereocenters. The fraction of sp³-hybridized carbons (Fsp3) is 0.625. The molecular weight excluding hydrogens is 236 g/mol. The molecule has 1 saturated carbocycles. The Balaban J connectivity index is 1.71. The van der Waals surface area contributed by atoms with E-state index in [1.165, 1.54) is 42.5 Å². The summed E-state index contributed by atoms with van der Waals surface area (Å²) in [4.78, 5) is 2.63. The summed E-state index contributed by atoms with van der Waals surface area (Å²) in [5.74, 6) is 0. The van der Waals surface area contributed by atoms with Crippen LogP contribution in [0.5, 0.6) is 0 Å². The van der Waals surface area contributed by atoms with Crippen molar-refractivity contribution in [1.82, 2.24) is 5.32 Å². The zero-order chi connectivity index (χ0) is 12.7. The Labute approximate surface area is 114 Å². The van der Waals surface area contributed by atoms with Gasteiger partial charge in [0.2, 0.25) is 0 Å². The molecule has 1 saturated heterocycles. The van der Waals surface area contributed by atoms with Gasteiger partial charge in [-0.1, -0.05) is 12.1 Å². The maximum absolute atomic E-state index is 5.94. The third kappa shape index (κ3) is 1.96. The molecule has 0 bridgehead atoms. The van der Waals surface area contributed by atoms with E-state index in [0.29, 0.717) is 12.1 Å². The van der Waals surface area contributed by atoms with Gasteiger partial charge in [-0.15, -0.1) is 0 Å². The molecule has 2 aliphatic heterocycles. The van der Waals surface area contributed by atoms with Gasteiger partial charge < -0.3 is 15.0 Å². The molecular formula is C16H22N2O. The molecule has 0 amide bonds. The molecule has 1 N–H and O–H groups in total. The van der Waals surface area contributed by atoms with E-state index in [9.17, 15) is 0 Å². The summed E-state index contributed by atoms with van der Waals surface area (Å²) in [7, 11) is 0. The molecule has 2 fully saturated rings. The van der Waals surface area contributed by atoms with Crippen LogP contribution < -0.4 is 10.2 Å². The number of fused-ring (bicyclic) bond motifs is 2. The molecule has 3 nitrogen and oxygen atoms in total. The zero-order valence-electron chi connectivity index (χ0n) is 11.4. The van der Waals surface area contributed by atoms with Crippen molar-refractivity contribution in [2.45, 2.75) is 44.4 Å². The lowest BCUT2D eigenvalue weighted by atomic mass is 9.97. The molecule has 0 radical (unpaired) electrons. The van der Waals surface area contributed by atoms with Crippen LogP contribution in [0.4, 0.5) is 5.69 Å². The Kier molecular flexibility index (Phi) is 2.97. The second kappa shape index (κ2) is 4.80. The van der Waals surface area contributed by atoms with E-state index in [4.69, 9.17) is 4.74 Å². The number of hydrogen-bond donors (Lipinski definition) is 1. The lowest BCUT2D eigenvalue weighted by Crippen LogP contribution is -2.49. The van der Waals surface area contributed by atoms with Gasteiger partial charge in [0.1, 0.15) is 0 Å². The van der Waals surface area contributed by atoms with Crippen molar-refractivity contribution in [1.29, 1.82) is 0 Å². The molecule has 3 aliphatic rings. The molecule has 19 heavy (non-hydrogen) atoms. The first-order valence-electron chi connectivity index (χ1n) is 7.63. The Bertz CT molecular complexity index is 474. The van der Waals surface area contributed by atoms with E-state index in [0.717, 1.165) is 26.2 Å². The Hall–Kier alpha value is -1.06. The first kappa shape index (κ1) is 11.7. The van der Waals surface area contributed by atoms with Crippen LogP contribution >= 0.6 is 0 Å². The smallest absolute Gasteiger partial charge is 0.0779 e. The van der Waals surface area contributed by atoms with Gasteiger partial charge in [-0.05, 0) is 49.4 Å². The van der Waals surface area contributed by atoms with Gasteiger partial charge in [0, 0.05) is 18.8 Å². The highest BCUT2D eigenvalue weighted by Gasteiger charge is 2.37. The van der Waals surface area contributed by atoms with E-state index < -0.39 is 0 Å². The summed E-state index contributed by atoms with van der Waals surface area (Å²) in [6, 6.07) is 7.46. The summed E-state index contributed by atoms with van der Waals surface area (Å²) in [5, 5.41) is 3.52. The number of anilines is 1. The molecule has 2 heterocycles. The third-order valence-corrected chi connectivity index (χ3v) is 4.91. The van der Waals surface area contributed by atoms with Crippen LogP contribution in [0.2, 0.25) is 0 Å². The Morgan fingerprint density at radius 2 is 2.26 bits per heavy atom. The molecule has 2 unspecified atom stereocenters. The minimum atomic E-state index is 0.473. The highest BCUT2D eigenvalue weighted by atomic mass is 16.5. The normalized spacial score (nSPS) is 30.0. The number of morpholine rings is 1. The SMILES string of the molecule is c1cc2c(c(N3CCOC4CCCC43)c1)CNCC2. The number of nitrogens with zero attached hydrogens (tertiary/aromatic N) is 1. The topological polar surface area (TPSA) is 24.5 Å². The van der Waals surface area contributed by atoms with Gasteiger partial charge >= 0.3 is 0 Å². The molecule has 102 valence electrons. The van der Waals surface area contributed by atoms with Crippen molar-refractivity contribution in [2.75, 3.05) is 24.6 Å². The molecule has 4 rings (SSSR count). The number of nitrogens with one attached hydrogen (secondary N) is 1. The van der Waals surface area contributed by atoms with E-state index in [1.54, 1.807) is 0 Å². The fourth-order valence-corrected chi connectivity index (χ4v) is 3.99. The lowest BCUT2D eigenvalue weighted by Gasteiger charge is -2.41. The highest BCUT2D eigenvalue weighted by molar-refractivity contribution is 5.59. The molecule has 1 aromatic rings. The van der Waals surface area contributed by atoms with Crippen LogP contribution in [0.3, 0.4) is 0 Å². The molecule has 1 aliphatic carbocycles. The van der Waals surface area contributed by atoms with Crippen molar-refractivity contribution in [3.05, 3.63) is 29.3 Å². The van der Waals surface area contributed by atoms with Gasteiger partial charge in [-0.2, -0.15) is 0 Å². The van der Waals surface area contributed by atoms with E-state index in [2.05, 4.69) is 28.4 Å². The van der Waals surface area contributed by atoms with Gasteiger partial charge in [-0.25, -0.2) is 0 Å². The predicted octanol–water partition coefficient (Wildman–Crippen LogP) is 2.09. The maximum Gasteiger partial charge on any atom is 0.0779 e. The Morgan fingerprint density at radius 3 is 3.26 bits per heavy atom. The second-order valence-electron chi connectivity index (χ2n) is 5.94. The molecule has 0 aromatic heterocycles. The van der Waals surface area contributed by atoms with Crippen LogP contribution in [-0.2, 0) is 17.7 Å². The summed E-state index contributed by atoms with van der Waals surface area (Å²) in [6.45, 7) is 4.09. The summed E-state index contributed by atoms with van der Waals surface area (Å²) >= 11 is 0. The van der Waals surface area contributed by atoms with Crippen LogP contribution in [0.1, 0.15) is 30.4 Å². The van der Waals surface area contributed by atoms with Crippen LogP contribution in [0, 0.1) is 0 Å². The number of benzene rings is 1. The van der Waals surface area contributed by atoms with Gasteiger partial charge in [0.05, 0.1) is 18.8 Å².